The van der Waals surface area contributed by atoms with Crippen molar-refractivity contribution in [2.24, 2.45) is 0 Å². The molecule has 7 heteroatoms. The predicted octanol–water partition coefficient (Wildman–Crippen LogP) is 6.35. The van der Waals surface area contributed by atoms with Crippen molar-refractivity contribution in [1.82, 2.24) is 10.1 Å². The Hall–Kier alpha value is -2.34. The van der Waals surface area contributed by atoms with E-state index in [9.17, 15) is 0 Å². The molecule has 0 aliphatic heterocycles. The molecule has 0 aliphatic carbocycles. The molecular formula is C19H12Cl2N2O2S. The number of benzene rings is 2. The number of hydrogen-bond donors (Lipinski definition) is 0. The van der Waals surface area contributed by atoms with Crippen molar-refractivity contribution in [2.75, 3.05) is 0 Å². The number of halogens is 2. The van der Waals surface area contributed by atoms with Crippen LogP contribution in [0.15, 0.2) is 64.5 Å². The van der Waals surface area contributed by atoms with Crippen molar-refractivity contribution in [3.05, 3.63) is 75.6 Å². The molecule has 0 saturated heterocycles. The Morgan fingerprint density at radius 2 is 1.96 bits per heavy atom. The van der Waals surface area contributed by atoms with Gasteiger partial charge in [-0.25, -0.2) is 0 Å². The fourth-order valence-electron chi connectivity index (χ4n) is 2.39. The number of nitrogens with zero attached hydrogens (tertiary/aromatic N) is 2. The van der Waals surface area contributed by atoms with E-state index in [-0.39, 0.29) is 0 Å². The Morgan fingerprint density at radius 3 is 2.77 bits per heavy atom. The van der Waals surface area contributed by atoms with Gasteiger partial charge >= 0.3 is 0 Å². The van der Waals surface area contributed by atoms with Crippen molar-refractivity contribution in [3.63, 3.8) is 0 Å². The lowest BCUT2D eigenvalue weighted by Gasteiger charge is -2.08. The lowest BCUT2D eigenvalue weighted by Crippen LogP contribution is -1.96. The monoisotopic (exact) mass is 402 g/mol. The summed E-state index contributed by atoms with van der Waals surface area (Å²) >= 11 is 13.6. The summed E-state index contributed by atoms with van der Waals surface area (Å²) in [6, 6.07) is 16.8. The summed E-state index contributed by atoms with van der Waals surface area (Å²) in [5.41, 5.74) is 1.80. The molecule has 2 aromatic heterocycles. The molecule has 0 fully saturated rings. The molecule has 0 bridgehead atoms. The minimum atomic E-state index is 0.362. The van der Waals surface area contributed by atoms with E-state index in [2.05, 4.69) is 10.1 Å². The van der Waals surface area contributed by atoms with E-state index in [0.717, 1.165) is 16.0 Å². The van der Waals surface area contributed by atoms with Crippen LogP contribution in [0.3, 0.4) is 0 Å². The molecule has 0 spiro atoms. The second kappa shape index (κ2) is 7.50. The Bertz CT molecular complexity index is 1030. The van der Waals surface area contributed by atoms with Crippen LogP contribution < -0.4 is 4.74 Å². The molecule has 2 heterocycles. The Labute approximate surface area is 164 Å². The smallest absolute Gasteiger partial charge is 0.258 e. The predicted molar refractivity (Wildman–Crippen MR) is 104 cm³/mol. The van der Waals surface area contributed by atoms with E-state index in [0.29, 0.717) is 34.1 Å². The Morgan fingerprint density at radius 1 is 1.04 bits per heavy atom. The maximum absolute atomic E-state index is 6.13. The largest absolute Gasteiger partial charge is 0.487 e. The van der Waals surface area contributed by atoms with Crippen LogP contribution in [0.25, 0.3) is 22.2 Å². The number of aromatic nitrogens is 2. The van der Waals surface area contributed by atoms with Crippen molar-refractivity contribution in [3.8, 4) is 27.9 Å². The molecule has 0 saturated carbocycles. The van der Waals surface area contributed by atoms with Gasteiger partial charge in [0.2, 0.25) is 5.82 Å². The first kappa shape index (κ1) is 17.1. The normalized spacial score (nSPS) is 10.8. The molecular weight excluding hydrogens is 391 g/mol. The summed E-state index contributed by atoms with van der Waals surface area (Å²) in [7, 11) is 0. The molecule has 2 aromatic carbocycles. The average molecular weight is 403 g/mol. The fraction of sp³-hybridized carbons (Fsp3) is 0.0526. The molecule has 130 valence electrons. The topological polar surface area (TPSA) is 48.2 Å². The van der Waals surface area contributed by atoms with Crippen molar-refractivity contribution < 1.29 is 9.26 Å². The fourth-order valence-corrected chi connectivity index (χ4v) is 3.51. The molecule has 0 aliphatic rings. The highest BCUT2D eigenvalue weighted by atomic mass is 35.5. The molecule has 4 rings (SSSR count). The summed E-state index contributed by atoms with van der Waals surface area (Å²) in [5, 5.41) is 7.07. The van der Waals surface area contributed by atoms with Gasteiger partial charge in [0, 0.05) is 10.6 Å². The van der Waals surface area contributed by atoms with Crippen molar-refractivity contribution in [1.29, 1.82) is 0 Å². The first-order valence-electron chi connectivity index (χ1n) is 7.74. The number of rotatable bonds is 5. The summed E-state index contributed by atoms with van der Waals surface area (Å²) in [4.78, 5) is 5.43. The molecule has 0 amide bonds. The van der Waals surface area contributed by atoms with Gasteiger partial charge < -0.3 is 9.26 Å². The second-order valence-corrected chi connectivity index (χ2v) is 7.26. The van der Waals surface area contributed by atoms with Crippen LogP contribution in [0.4, 0.5) is 0 Å². The second-order valence-electron chi connectivity index (χ2n) is 5.46. The highest BCUT2D eigenvalue weighted by Crippen LogP contribution is 2.29. The van der Waals surface area contributed by atoms with E-state index in [1.165, 1.54) is 0 Å². The molecule has 0 unspecified atom stereocenters. The summed E-state index contributed by atoms with van der Waals surface area (Å²) in [6.45, 7) is 0.362. The quantitative estimate of drug-likeness (QED) is 0.390. The lowest BCUT2D eigenvalue weighted by atomic mass is 10.1. The Kier molecular flexibility index (Phi) is 4.93. The van der Waals surface area contributed by atoms with Gasteiger partial charge in [-0.2, -0.15) is 4.98 Å². The van der Waals surface area contributed by atoms with Gasteiger partial charge in [-0.3, -0.25) is 0 Å². The van der Waals surface area contributed by atoms with Gasteiger partial charge in [-0.05, 0) is 47.3 Å². The molecule has 0 atom stereocenters. The number of thiophene rings is 1. The van der Waals surface area contributed by atoms with Crippen LogP contribution >= 0.6 is 34.5 Å². The zero-order valence-electron chi connectivity index (χ0n) is 13.4. The average Bonchev–Trinajstić information content (AvgIpc) is 3.33. The van der Waals surface area contributed by atoms with Gasteiger partial charge in [-0.1, -0.05) is 46.6 Å². The van der Waals surface area contributed by atoms with Crippen LogP contribution in [-0.4, -0.2) is 10.1 Å². The van der Waals surface area contributed by atoms with Crippen LogP contribution in [0.5, 0.6) is 5.75 Å². The van der Waals surface area contributed by atoms with Crippen LogP contribution in [0, 0.1) is 0 Å². The number of hydrogen-bond acceptors (Lipinski definition) is 5. The van der Waals surface area contributed by atoms with Gasteiger partial charge in [0.15, 0.2) is 0 Å². The molecule has 0 radical (unpaired) electrons. The maximum atomic E-state index is 6.13. The Balaban J connectivity index is 1.51. The highest BCUT2D eigenvalue weighted by Gasteiger charge is 2.12. The standard InChI is InChI=1S/C19H12Cl2N2O2S/c20-14-6-7-16(15(21)10-14)24-11-12-3-1-4-13(9-12)19-22-18(23-25-19)17-5-2-8-26-17/h1-10H,11H2. The third-order valence-electron chi connectivity index (χ3n) is 3.63. The first-order chi connectivity index (χ1) is 12.7. The zero-order chi connectivity index (χ0) is 17.9. The summed E-state index contributed by atoms with van der Waals surface area (Å²) in [5.74, 6) is 1.64. The van der Waals surface area contributed by atoms with E-state index < -0.39 is 0 Å². The summed E-state index contributed by atoms with van der Waals surface area (Å²) < 4.78 is 11.2. The lowest BCUT2D eigenvalue weighted by molar-refractivity contribution is 0.306. The van der Waals surface area contributed by atoms with E-state index in [4.69, 9.17) is 32.5 Å². The van der Waals surface area contributed by atoms with Crippen LogP contribution in [-0.2, 0) is 6.61 Å². The van der Waals surface area contributed by atoms with Crippen molar-refractivity contribution >= 4 is 34.5 Å². The van der Waals surface area contributed by atoms with Gasteiger partial charge in [0.25, 0.3) is 5.89 Å². The minimum absolute atomic E-state index is 0.362. The maximum Gasteiger partial charge on any atom is 0.258 e. The zero-order valence-corrected chi connectivity index (χ0v) is 15.7. The SMILES string of the molecule is Clc1ccc(OCc2cccc(-c3nc(-c4cccs4)no3)c2)c(Cl)c1. The third-order valence-corrected chi connectivity index (χ3v) is 5.03. The molecule has 0 N–H and O–H groups in total. The number of ether oxygens (including phenoxy) is 1. The minimum Gasteiger partial charge on any atom is -0.487 e. The van der Waals surface area contributed by atoms with Gasteiger partial charge in [0.05, 0.1) is 9.90 Å². The third kappa shape index (κ3) is 3.75. The van der Waals surface area contributed by atoms with Gasteiger partial charge in [0.1, 0.15) is 12.4 Å². The highest BCUT2D eigenvalue weighted by molar-refractivity contribution is 7.13. The van der Waals surface area contributed by atoms with E-state index in [1.807, 2.05) is 41.8 Å². The van der Waals surface area contributed by atoms with E-state index >= 15 is 0 Å². The van der Waals surface area contributed by atoms with Crippen molar-refractivity contribution in [2.45, 2.75) is 6.61 Å². The van der Waals surface area contributed by atoms with Crippen LogP contribution in [0.1, 0.15) is 5.56 Å². The molecule has 4 nitrogen and oxygen atoms in total. The van der Waals surface area contributed by atoms with Crippen LogP contribution in [0.2, 0.25) is 10.0 Å². The molecule has 4 aromatic rings. The first-order valence-corrected chi connectivity index (χ1v) is 9.37. The molecule has 26 heavy (non-hydrogen) atoms. The van der Waals surface area contributed by atoms with Gasteiger partial charge in [-0.15, -0.1) is 11.3 Å². The summed E-state index contributed by atoms with van der Waals surface area (Å²) in [6.07, 6.45) is 0. The van der Waals surface area contributed by atoms with E-state index in [1.54, 1.807) is 29.5 Å².